The molecular formula is C57H33N5S2. The molecule has 298 valence electrons. The number of hydrogen-bond acceptors (Lipinski definition) is 5. The lowest BCUT2D eigenvalue weighted by atomic mass is 10.1. The minimum Gasteiger partial charge on any atom is -0.309 e. The Morgan fingerprint density at radius 1 is 0.312 bits per heavy atom. The van der Waals surface area contributed by atoms with Crippen LogP contribution >= 0.6 is 22.7 Å². The number of rotatable bonds is 5. The zero-order valence-electron chi connectivity index (χ0n) is 34.1. The lowest BCUT2D eigenvalue weighted by molar-refractivity contribution is 1.07. The topological polar surface area (TPSA) is 48.5 Å². The van der Waals surface area contributed by atoms with Crippen molar-refractivity contribution in [3.63, 3.8) is 0 Å². The molecule has 0 unspecified atom stereocenters. The van der Waals surface area contributed by atoms with Crippen LogP contribution < -0.4 is 0 Å². The first-order chi connectivity index (χ1) is 31.7. The number of aromatic nitrogens is 5. The monoisotopic (exact) mass is 851 g/mol. The van der Waals surface area contributed by atoms with Crippen molar-refractivity contribution in [2.24, 2.45) is 0 Å². The summed E-state index contributed by atoms with van der Waals surface area (Å²) in [4.78, 5) is 15.6. The predicted molar refractivity (Wildman–Crippen MR) is 271 cm³/mol. The number of para-hydroxylation sites is 3. The Morgan fingerprint density at radius 3 is 1.61 bits per heavy atom. The third-order valence-electron chi connectivity index (χ3n) is 12.8. The van der Waals surface area contributed by atoms with Crippen LogP contribution in [0.4, 0.5) is 0 Å². The van der Waals surface area contributed by atoms with Crippen LogP contribution in [0.3, 0.4) is 0 Å². The molecule has 0 aliphatic heterocycles. The number of benzene rings is 9. The molecule has 14 rings (SSSR count). The van der Waals surface area contributed by atoms with Crippen molar-refractivity contribution >= 4 is 107 Å². The molecule has 0 amide bonds. The van der Waals surface area contributed by atoms with Gasteiger partial charge in [-0.05, 0) is 54.6 Å². The summed E-state index contributed by atoms with van der Waals surface area (Å²) < 4.78 is 9.79. The molecule has 14 aromatic rings. The zero-order chi connectivity index (χ0) is 41.9. The second-order valence-electron chi connectivity index (χ2n) is 16.3. The number of hydrogen-bond donors (Lipinski definition) is 0. The fraction of sp³-hybridized carbons (Fsp3) is 0. The molecule has 0 N–H and O–H groups in total. The van der Waals surface area contributed by atoms with E-state index in [1.54, 1.807) is 11.3 Å². The third kappa shape index (κ3) is 5.26. The van der Waals surface area contributed by atoms with Crippen LogP contribution in [0.1, 0.15) is 0 Å². The molecule has 0 atom stereocenters. The zero-order valence-corrected chi connectivity index (χ0v) is 35.7. The molecule has 0 bridgehead atoms. The second-order valence-corrected chi connectivity index (χ2v) is 18.5. The SMILES string of the molecule is c1ccc(-c2nc(-c3cccc(-n4c5ccccc5c5ccc6c7ccc(-n8c9ccccc9c9ccccc98)cc7sc6c54)c3)nc(-c3cccc4c3sc3ccccc34)n2)cc1. The van der Waals surface area contributed by atoms with Gasteiger partial charge in [-0.1, -0.05) is 146 Å². The van der Waals surface area contributed by atoms with Crippen LogP contribution in [0.2, 0.25) is 0 Å². The minimum atomic E-state index is 0.634. The van der Waals surface area contributed by atoms with E-state index in [1.165, 1.54) is 78.4 Å². The van der Waals surface area contributed by atoms with Crippen LogP contribution in [0.15, 0.2) is 200 Å². The lowest BCUT2D eigenvalue weighted by Crippen LogP contribution is -2.01. The standard InChI is InChI=1S/C57H33N5S2/c1-2-14-34(15-3-1)55-58-56(60-57(59-55)46-23-13-22-44-41-21-7-11-27-50(41)63-53(44)46)35-16-12-17-36(32-35)62-49-26-10-6-20-40(49)43-30-31-45-42-29-28-37(33-51(42)64-54(45)52(43)62)61-47-24-8-4-18-38(47)39-19-5-9-25-48(39)61/h1-33H. The average Bonchev–Trinajstić information content (AvgIpc) is 4.12. The van der Waals surface area contributed by atoms with Gasteiger partial charge in [-0.2, -0.15) is 0 Å². The highest BCUT2D eigenvalue weighted by molar-refractivity contribution is 7.27. The second kappa shape index (κ2) is 13.8. The summed E-state index contributed by atoms with van der Waals surface area (Å²) in [7, 11) is 0. The summed E-state index contributed by atoms with van der Waals surface area (Å²) in [6, 6.07) is 71.8. The Labute approximate surface area is 374 Å². The van der Waals surface area contributed by atoms with Crippen molar-refractivity contribution in [3.05, 3.63) is 200 Å². The Kier molecular flexibility index (Phi) is 7.66. The van der Waals surface area contributed by atoms with Gasteiger partial charge in [0.05, 0.1) is 26.8 Å². The first-order valence-electron chi connectivity index (χ1n) is 21.4. The van der Waals surface area contributed by atoms with Gasteiger partial charge in [0, 0.05) is 85.3 Å². The fourth-order valence-electron chi connectivity index (χ4n) is 9.93. The maximum atomic E-state index is 5.29. The molecule has 0 spiro atoms. The molecule has 5 aromatic heterocycles. The van der Waals surface area contributed by atoms with Gasteiger partial charge in [0.2, 0.25) is 0 Å². The molecule has 9 aromatic carbocycles. The predicted octanol–water partition coefficient (Wildman–Crippen LogP) is 15.8. The lowest BCUT2D eigenvalue weighted by Gasteiger charge is -2.12. The summed E-state index contributed by atoms with van der Waals surface area (Å²) in [5.74, 6) is 1.94. The molecule has 0 saturated heterocycles. The van der Waals surface area contributed by atoms with Gasteiger partial charge in [-0.15, -0.1) is 22.7 Å². The number of thiophene rings is 2. The molecular weight excluding hydrogens is 819 g/mol. The summed E-state index contributed by atoms with van der Waals surface area (Å²) in [5.41, 5.74) is 9.87. The Hall–Kier alpha value is -7.97. The van der Waals surface area contributed by atoms with E-state index in [0.29, 0.717) is 17.5 Å². The first-order valence-corrected chi connectivity index (χ1v) is 23.1. The van der Waals surface area contributed by atoms with E-state index >= 15 is 0 Å². The van der Waals surface area contributed by atoms with Crippen molar-refractivity contribution in [1.82, 2.24) is 24.1 Å². The van der Waals surface area contributed by atoms with Crippen molar-refractivity contribution < 1.29 is 0 Å². The van der Waals surface area contributed by atoms with Crippen molar-refractivity contribution in [3.8, 4) is 45.5 Å². The van der Waals surface area contributed by atoms with Crippen LogP contribution in [0.25, 0.3) is 129 Å². The molecule has 0 fully saturated rings. The van der Waals surface area contributed by atoms with Gasteiger partial charge in [0.1, 0.15) is 0 Å². The van der Waals surface area contributed by atoms with Gasteiger partial charge in [-0.25, -0.2) is 15.0 Å². The highest BCUT2D eigenvalue weighted by Gasteiger charge is 2.21. The minimum absolute atomic E-state index is 0.634. The van der Waals surface area contributed by atoms with Crippen LogP contribution in [-0.2, 0) is 0 Å². The van der Waals surface area contributed by atoms with Crippen molar-refractivity contribution in [2.75, 3.05) is 0 Å². The smallest absolute Gasteiger partial charge is 0.165 e. The van der Waals surface area contributed by atoms with E-state index in [4.69, 9.17) is 15.0 Å². The van der Waals surface area contributed by atoms with Gasteiger partial charge >= 0.3 is 0 Å². The highest BCUT2D eigenvalue weighted by atomic mass is 32.1. The Bertz CT molecular complexity index is 4160. The van der Waals surface area contributed by atoms with Crippen LogP contribution in [-0.4, -0.2) is 24.1 Å². The van der Waals surface area contributed by atoms with E-state index in [1.807, 2.05) is 29.5 Å². The highest BCUT2D eigenvalue weighted by Crippen LogP contribution is 2.45. The first kappa shape index (κ1) is 35.6. The molecule has 0 aliphatic carbocycles. The molecule has 5 nitrogen and oxygen atoms in total. The quantitative estimate of drug-likeness (QED) is 0.173. The normalized spacial score (nSPS) is 12.1. The van der Waals surface area contributed by atoms with E-state index in [0.717, 1.165) is 33.6 Å². The largest absolute Gasteiger partial charge is 0.309 e. The molecule has 0 saturated carbocycles. The van der Waals surface area contributed by atoms with Gasteiger partial charge in [0.15, 0.2) is 17.5 Å². The Balaban J connectivity index is 0.971. The fourth-order valence-corrected chi connectivity index (χ4v) is 12.4. The third-order valence-corrected chi connectivity index (χ3v) is 15.2. The maximum Gasteiger partial charge on any atom is 0.165 e. The van der Waals surface area contributed by atoms with E-state index in [-0.39, 0.29) is 0 Å². The number of fused-ring (bicyclic) bond motifs is 13. The van der Waals surface area contributed by atoms with E-state index in [9.17, 15) is 0 Å². The summed E-state index contributed by atoms with van der Waals surface area (Å²) in [6.45, 7) is 0. The van der Waals surface area contributed by atoms with E-state index in [2.05, 4.69) is 191 Å². The van der Waals surface area contributed by atoms with Gasteiger partial charge in [-0.3, -0.25) is 0 Å². The summed E-state index contributed by atoms with van der Waals surface area (Å²) >= 11 is 3.66. The summed E-state index contributed by atoms with van der Waals surface area (Å²) in [6.07, 6.45) is 0. The number of nitrogens with zero attached hydrogens (tertiary/aromatic N) is 5. The molecule has 64 heavy (non-hydrogen) atoms. The Morgan fingerprint density at radius 2 is 0.828 bits per heavy atom. The van der Waals surface area contributed by atoms with Crippen LogP contribution in [0, 0.1) is 0 Å². The van der Waals surface area contributed by atoms with Crippen molar-refractivity contribution in [1.29, 1.82) is 0 Å². The molecule has 7 heteroatoms. The summed E-state index contributed by atoms with van der Waals surface area (Å²) in [5, 5.41) is 9.96. The van der Waals surface area contributed by atoms with E-state index < -0.39 is 0 Å². The molecule has 0 aliphatic rings. The van der Waals surface area contributed by atoms with Crippen molar-refractivity contribution in [2.45, 2.75) is 0 Å². The maximum absolute atomic E-state index is 5.29. The molecule has 5 heterocycles. The average molecular weight is 852 g/mol. The van der Waals surface area contributed by atoms with Gasteiger partial charge < -0.3 is 9.13 Å². The van der Waals surface area contributed by atoms with Crippen LogP contribution in [0.5, 0.6) is 0 Å². The van der Waals surface area contributed by atoms with Gasteiger partial charge in [0.25, 0.3) is 0 Å². The molecule has 0 radical (unpaired) electrons.